The van der Waals surface area contributed by atoms with E-state index in [0.717, 1.165) is 11.2 Å². The standard InChI is InChI=1S/C17H20N4O5S2/c1-20(15(22)14-7-4-8-21(14)17(23)24)16-18-13(10-27-16)11-5-3-6-12(9-11)19-28(2,25)26/h3,5-6,9-10,14,19H,4,7-8H2,1-2H3,(H,23,24)/t14-/m0/s1. The fourth-order valence-corrected chi connectivity index (χ4v) is 4.44. The summed E-state index contributed by atoms with van der Waals surface area (Å²) in [6.45, 7) is 0.350. The number of likely N-dealkylation sites (N-methyl/N-ethyl adjacent to an activating group) is 1. The second kappa shape index (κ2) is 7.76. The molecule has 2 N–H and O–H groups in total. The van der Waals surface area contributed by atoms with Crippen LogP contribution in [0.4, 0.5) is 15.6 Å². The van der Waals surface area contributed by atoms with Crippen LogP contribution in [0, 0.1) is 0 Å². The largest absolute Gasteiger partial charge is 0.465 e. The van der Waals surface area contributed by atoms with E-state index in [1.807, 2.05) is 0 Å². The maximum absolute atomic E-state index is 12.7. The lowest BCUT2D eigenvalue weighted by atomic mass is 10.1. The molecule has 11 heteroatoms. The Labute approximate surface area is 166 Å². The SMILES string of the molecule is CN(C(=O)[C@@H]1CCCN1C(=O)O)c1nc(-c2cccc(NS(C)(=O)=O)c2)cs1. The van der Waals surface area contributed by atoms with E-state index in [0.29, 0.717) is 41.5 Å². The third-order valence-electron chi connectivity index (χ3n) is 4.35. The number of nitrogens with zero attached hydrogens (tertiary/aromatic N) is 3. The van der Waals surface area contributed by atoms with E-state index in [1.165, 1.54) is 16.2 Å². The normalized spacial score (nSPS) is 16.8. The van der Waals surface area contributed by atoms with Crippen LogP contribution in [0.25, 0.3) is 11.3 Å². The molecule has 0 unspecified atom stereocenters. The van der Waals surface area contributed by atoms with Gasteiger partial charge >= 0.3 is 6.09 Å². The average Bonchev–Trinajstić information content (AvgIpc) is 3.28. The van der Waals surface area contributed by atoms with Crippen LogP contribution in [0.1, 0.15) is 12.8 Å². The van der Waals surface area contributed by atoms with Gasteiger partial charge in [0.2, 0.25) is 10.0 Å². The molecule has 2 aromatic rings. The highest BCUT2D eigenvalue weighted by molar-refractivity contribution is 7.92. The number of amides is 2. The molecule has 28 heavy (non-hydrogen) atoms. The summed E-state index contributed by atoms with van der Waals surface area (Å²) in [5.41, 5.74) is 1.71. The van der Waals surface area contributed by atoms with Crippen LogP contribution in [0.2, 0.25) is 0 Å². The minimum atomic E-state index is -3.39. The van der Waals surface area contributed by atoms with Gasteiger partial charge in [-0.1, -0.05) is 12.1 Å². The Hall–Kier alpha value is -2.66. The number of rotatable bonds is 5. The summed E-state index contributed by atoms with van der Waals surface area (Å²) in [5.74, 6) is -0.312. The number of carbonyl (C=O) groups excluding carboxylic acids is 1. The number of sulfonamides is 1. The van der Waals surface area contributed by atoms with Crippen molar-refractivity contribution in [2.24, 2.45) is 0 Å². The lowest BCUT2D eigenvalue weighted by Gasteiger charge is -2.24. The molecule has 0 bridgehead atoms. The molecule has 0 aliphatic carbocycles. The number of likely N-dealkylation sites (tertiary alicyclic amines) is 1. The predicted octanol–water partition coefficient (Wildman–Crippen LogP) is 2.29. The number of carboxylic acid groups (broad SMARTS) is 1. The fraction of sp³-hybridized carbons (Fsp3) is 0.353. The third-order valence-corrected chi connectivity index (χ3v) is 5.88. The molecule has 1 atom stereocenters. The van der Waals surface area contributed by atoms with Crippen molar-refractivity contribution >= 4 is 44.2 Å². The number of carbonyl (C=O) groups is 2. The number of hydrogen-bond acceptors (Lipinski definition) is 6. The van der Waals surface area contributed by atoms with Gasteiger partial charge in [0, 0.05) is 30.2 Å². The molecule has 3 rings (SSSR count). The Morgan fingerprint density at radius 2 is 2.14 bits per heavy atom. The van der Waals surface area contributed by atoms with Gasteiger partial charge in [-0.15, -0.1) is 11.3 Å². The molecule has 2 amide bonds. The third kappa shape index (κ3) is 4.42. The second-order valence-electron chi connectivity index (χ2n) is 6.50. The van der Waals surface area contributed by atoms with E-state index in [4.69, 9.17) is 0 Å². The lowest BCUT2D eigenvalue weighted by Crippen LogP contribution is -2.46. The Bertz CT molecular complexity index is 1000. The first-order valence-electron chi connectivity index (χ1n) is 8.46. The van der Waals surface area contributed by atoms with Crippen molar-refractivity contribution in [1.82, 2.24) is 9.88 Å². The molecule has 150 valence electrons. The summed E-state index contributed by atoms with van der Waals surface area (Å²) in [6.07, 6.45) is 1.12. The van der Waals surface area contributed by atoms with Crippen molar-refractivity contribution in [3.05, 3.63) is 29.6 Å². The summed E-state index contributed by atoms with van der Waals surface area (Å²) >= 11 is 1.26. The molecule has 0 spiro atoms. The summed E-state index contributed by atoms with van der Waals surface area (Å²) in [6, 6.07) is 6.09. The molecule has 0 radical (unpaired) electrons. The molecule has 9 nitrogen and oxygen atoms in total. The summed E-state index contributed by atoms with van der Waals surface area (Å²) < 4.78 is 25.2. The zero-order chi connectivity index (χ0) is 20.5. The molecule has 1 saturated heterocycles. The van der Waals surface area contributed by atoms with Gasteiger partial charge in [-0.3, -0.25) is 19.3 Å². The number of aromatic nitrogens is 1. The first-order chi connectivity index (χ1) is 13.2. The molecule has 1 aromatic heterocycles. The fourth-order valence-electron chi connectivity index (χ4n) is 3.08. The summed E-state index contributed by atoms with van der Waals surface area (Å²) in [4.78, 5) is 31.0. The Kier molecular flexibility index (Phi) is 5.57. The lowest BCUT2D eigenvalue weighted by molar-refractivity contribution is -0.122. The number of thiazole rings is 1. The second-order valence-corrected chi connectivity index (χ2v) is 9.09. The molecule has 1 aliphatic rings. The van der Waals surface area contributed by atoms with Gasteiger partial charge in [0.15, 0.2) is 5.13 Å². The van der Waals surface area contributed by atoms with E-state index >= 15 is 0 Å². The van der Waals surface area contributed by atoms with Crippen LogP contribution in [-0.4, -0.2) is 61.3 Å². The highest BCUT2D eigenvalue weighted by atomic mass is 32.2. The molecule has 1 aliphatic heterocycles. The van der Waals surface area contributed by atoms with Gasteiger partial charge in [0.1, 0.15) is 6.04 Å². The van der Waals surface area contributed by atoms with Gasteiger partial charge < -0.3 is 5.11 Å². The first-order valence-corrected chi connectivity index (χ1v) is 11.2. The maximum Gasteiger partial charge on any atom is 0.407 e. The van der Waals surface area contributed by atoms with Gasteiger partial charge in [-0.2, -0.15) is 0 Å². The minimum absolute atomic E-state index is 0.312. The van der Waals surface area contributed by atoms with Crippen molar-refractivity contribution < 1.29 is 23.1 Å². The van der Waals surface area contributed by atoms with Gasteiger partial charge in [0.05, 0.1) is 11.9 Å². The topological polar surface area (TPSA) is 120 Å². The molecule has 0 saturated carbocycles. The minimum Gasteiger partial charge on any atom is -0.465 e. The molecular formula is C17H20N4O5S2. The first kappa shape index (κ1) is 20.1. The van der Waals surface area contributed by atoms with Crippen molar-refractivity contribution in [1.29, 1.82) is 0 Å². The predicted molar refractivity (Wildman–Crippen MR) is 107 cm³/mol. The maximum atomic E-state index is 12.7. The monoisotopic (exact) mass is 424 g/mol. The van der Waals surface area contributed by atoms with Crippen LogP contribution in [0.5, 0.6) is 0 Å². The Morgan fingerprint density at radius 3 is 2.82 bits per heavy atom. The van der Waals surface area contributed by atoms with Gasteiger partial charge in [-0.05, 0) is 25.0 Å². The summed E-state index contributed by atoms with van der Waals surface area (Å²) in [5, 5.41) is 11.4. The number of anilines is 2. The van der Waals surface area contributed by atoms with E-state index < -0.39 is 22.2 Å². The average molecular weight is 425 g/mol. The number of nitrogens with one attached hydrogen (secondary N) is 1. The van der Waals surface area contributed by atoms with E-state index in [9.17, 15) is 23.1 Å². The van der Waals surface area contributed by atoms with Crippen LogP contribution < -0.4 is 9.62 Å². The summed E-state index contributed by atoms with van der Waals surface area (Å²) in [7, 11) is -1.82. The van der Waals surface area contributed by atoms with Crippen LogP contribution in [0.15, 0.2) is 29.6 Å². The highest BCUT2D eigenvalue weighted by Gasteiger charge is 2.36. The molecule has 1 fully saturated rings. The van der Waals surface area contributed by atoms with Crippen molar-refractivity contribution in [3.63, 3.8) is 0 Å². The zero-order valence-corrected chi connectivity index (χ0v) is 17.0. The molecule has 2 heterocycles. The van der Waals surface area contributed by atoms with Gasteiger partial charge in [-0.25, -0.2) is 18.2 Å². The zero-order valence-electron chi connectivity index (χ0n) is 15.3. The highest BCUT2D eigenvalue weighted by Crippen LogP contribution is 2.30. The number of hydrogen-bond donors (Lipinski definition) is 2. The molecule has 1 aromatic carbocycles. The van der Waals surface area contributed by atoms with E-state index in [-0.39, 0.29) is 5.91 Å². The van der Waals surface area contributed by atoms with Crippen molar-refractivity contribution in [2.75, 3.05) is 29.5 Å². The van der Waals surface area contributed by atoms with Gasteiger partial charge in [0.25, 0.3) is 5.91 Å². The van der Waals surface area contributed by atoms with Crippen LogP contribution in [0.3, 0.4) is 0 Å². The van der Waals surface area contributed by atoms with Crippen LogP contribution >= 0.6 is 11.3 Å². The van der Waals surface area contributed by atoms with Crippen LogP contribution in [-0.2, 0) is 14.8 Å². The molecular weight excluding hydrogens is 404 g/mol. The number of benzene rings is 1. The van der Waals surface area contributed by atoms with Crippen molar-refractivity contribution in [2.45, 2.75) is 18.9 Å². The van der Waals surface area contributed by atoms with Crippen molar-refractivity contribution in [3.8, 4) is 11.3 Å². The smallest absolute Gasteiger partial charge is 0.407 e. The quantitative estimate of drug-likeness (QED) is 0.760. The Morgan fingerprint density at radius 1 is 1.39 bits per heavy atom. The Balaban J connectivity index is 1.79. The van der Waals surface area contributed by atoms with E-state index in [1.54, 1.807) is 36.7 Å². The van der Waals surface area contributed by atoms with E-state index in [2.05, 4.69) is 9.71 Å².